The third-order valence-corrected chi connectivity index (χ3v) is 1.09. The molecule has 1 heterocycles. The van der Waals surface area contributed by atoms with Gasteiger partial charge in [-0.25, -0.2) is 0 Å². The lowest BCUT2D eigenvalue weighted by Crippen LogP contribution is -1.99. The second-order valence-electron chi connectivity index (χ2n) is 1.93. The van der Waals surface area contributed by atoms with Gasteiger partial charge in [-0.3, -0.25) is 4.99 Å². The predicted molar refractivity (Wildman–Crippen MR) is 34.8 cm³/mol. The topological polar surface area (TPSA) is 24.4 Å². The molecule has 1 N–H and O–H groups in total. The molecule has 0 radical (unpaired) electrons. The van der Waals surface area contributed by atoms with Crippen molar-refractivity contribution in [2.24, 2.45) is 4.99 Å². The molecule has 0 fully saturated rings. The zero-order valence-electron chi connectivity index (χ0n) is 4.96. The average Bonchev–Trinajstić information content (AvgIpc) is 1.94. The Kier molecular flexibility index (Phi) is 1.67. The van der Waals surface area contributed by atoms with E-state index >= 15 is 0 Å². The lowest BCUT2D eigenvalue weighted by Gasteiger charge is -1.94. The Bertz CT molecular complexity index is 116. The molecule has 1 atom stereocenters. The van der Waals surface area contributed by atoms with E-state index in [1.165, 1.54) is 0 Å². The van der Waals surface area contributed by atoms with Gasteiger partial charge < -0.3 is 5.32 Å². The molecule has 0 bridgehead atoms. The van der Waals surface area contributed by atoms with E-state index in [-0.39, 0.29) is 0 Å². The third-order valence-electron chi connectivity index (χ3n) is 1.09. The zero-order valence-corrected chi connectivity index (χ0v) is 4.96. The normalized spacial score (nSPS) is 26.9. The molecule has 2 heteroatoms. The summed E-state index contributed by atoms with van der Waals surface area (Å²) in [7, 11) is 0. The van der Waals surface area contributed by atoms with Crippen LogP contribution in [0.3, 0.4) is 0 Å². The maximum atomic E-state index is 4.12. The standard InChI is InChI=1S/C6H10N2/c1-6-3-2-4-7-5-8-6/h2,4-6H,3H2,1H3,(H,7,8). The van der Waals surface area contributed by atoms with Crippen LogP contribution >= 0.6 is 0 Å². The quantitative estimate of drug-likeness (QED) is 0.492. The van der Waals surface area contributed by atoms with Crippen LogP contribution in [0.1, 0.15) is 13.3 Å². The van der Waals surface area contributed by atoms with Gasteiger partial charge in [0.05, 0.1) is 12.4 Å². The molecule has 8 heavy (non-hydrogen) atoms. The third kappa shape index (κ3) is 1.37. The zero-order chi connectivity index (χ0) is 5.82. The SMILES string of the molecule is CC1CC=CNC=N1. The second kappa shape index (κ2) is 2.50. The summed E-state index contributed by atoms with van der Waals surface area (Å²) in [6, 6.07) is 0.446. The van der Waals surface area contributed by atoms with Crippen LogP contribution in [0, 0.1) is 0 Å². The monoisotopic (exact) mass is 110 g/mol. The van der Waals surface area contributed by atoms with Gasteiger partial charge >= 0.3 is 0 Å². The smallest absolute Gasteiger partial charge is 0.0866 e. The number of aliphatic imine (C=N–C) groups is 1. The summed E-state index contributed by atoms with van der Waals surface area (Å²) in [6.45, 7) is 2.09. The molecule has 1 rings (SSSR count). The van der Waals surface area contributed by atoms with Crippen LogP contribution in [0.25, 0.3) is 0 Å². The largest absolute Gasteiger partial charge is 0.353 e. The van der Waals surface area contributed by atoms with Crippen molar-refractivity contribution >= 4 is 6.34 Å². The summed E-state index contributed by atoms with van der Waals surface area (Å²) in [5.74, 6) is 0. The Hall–Kier alpha value is -0.790. The highest BCUT2D eigenvalue weighted by molar-refractivity contribution is 5.56. The molecule has 1 aliphatic heterocycles. The van der Waals surface area contributed by atoms with Gasteiger partial charge in [0.15, 0.2) is 0 Å². The molecule has 0 saturated carbocycles. The molecule has 1 aliphatic rings. The van der Waals surface area contributed by atoms with Crippen molar-refractivity contribution in [2.45, 2.75) is 19.4 Å². The number of hydrogen-bond acceptors (Lipinski definition) is 2. The molecule has 0 aromatic rings. The Morgan fingerprint density at radius 1 is 1.75 bits per heavy atom. The Morgan fingerprint density at radius 2 is 2.62 bits per heavy atom. The van der Waals surface area contributed by atoms with Crippen LogP contribution in [-0.4, -0.2) is 12.4 Å². The fraction of sp³-hybridized carbons (Fsp3) is 0.500. The van der Waals surface area contributed by atoms with Crippen LogP contribution in [0.2, 0.25) is 0 Å². The summed E-state index contributed by atoms with van der Waals surface area (Å²) in [6.07, 6.45) is 6.77. The fourth-order valence-corrected chi connectivity index (χ4v) is 0.607. The first-order valence-electron chi connectivity index (χ1n) is 2.82. The van der Waals surface area contributed by atoms with Gasteiger partial charge in [0.2, 0.25) is 0 Å². The van der Waals surface area contributed by atoms with Gasteiger partial charge in [-0.1, -0.05) is 6.08 Å². The predicted octanol–water partition coefficient (Wildman–Crippen LogP) is 0.910. The first-order chi connectivity index (χ1) is 3.89. The minimum Gasteiger partial charge on any atom is -0.353 e. The van der Waals surface area contributed by atoms with E-state index in [2.05, 4.69) is 23.3 Å². The molecular formula is C6H10N2. The van der Waals surface area contributed by atoms with Crippen molar-refractivity contribution in [1.29, 1.82) is 0 Å². The van der Waals surface area contributed by atoms with Crippen molar-refractivity contribution < 1.29 is 0 Å². The van der Waals surface area contributed by atoms with E-state index in [1.54, 1.807) is 6.34 Å². The van der Waals surface area contributed by atoms with E-state index in [1.807, 2.05) is 6.20 Å². The lowest BCUT2D eigenvalue weighted by molar-refractivity contribution is 0.766. The van der Waals surface area contributed by atoms with Crippen molar-refractivity contribution in [3.05, 3.63) is 12.3 Å². The van der Waals surface area contributed by atoms with Gasteiger partial charge in [0.25, 0.3) is 0 Å². The number of nitrogens with one attached hydrogen (secondary N) is 1. The Labute approximate surface area is 49.3 Å². The average molecular weight is 110 g/mol. The Morgan fingerprint density at radius 3 is 3.50 bits per heavy atom. The molecule has 0 aromatic carbocycles. The molecule has 1 unspecified atom stereocenters. The van der Waals surface area contributed by atoms with Crippen LogP contribution in [0.5, 0.6) is 0 Å². The van der Waals surface area contributed by atoms with Crippen LogP contribution in [-0.2, 0) is 0 Å². The molecular weight excluding hydrogens is 100 g/mol. The van der Waals surface area contributed by atoms with Crippen LogP contribution in [0.4, 0.5) is 0 Å². The second-order valence-corrected chi connectivity index (χ2v) is 1.93. The van der Waals surface area contributed by atoms with E-state index < -0.39 is 0 Å². The highest BCUT2D eigenvalue weighted by atomic mass is 14.9. The van der Waals surface area contributed by atoms with Gasteiger partial charge in [-0.05, 0) is 19.5 Å². The van der Waals surface area contributed by atoms with Crippen molar-refractivity contribution in [3.8, 4) is 0 Å². The molecule has 2 nitrogen and oxygen atoms in total. The molecule has 0 saturated heterocycles. The molecule has 0 aliphatic carbocycles. The van der Waals surface area contributed by atoms with Gasteiger partial charge in [0.1, 0.15) is 0 Å². The van der Waals surface area contributed by atoms with Gasteiger partial charge in [-0.15, -0.1) is 0 Å². The minimum absolute atomic E-state index is 0.446. The summed E-state index contributed by atoms with van der Waals surface area (Å²) in [5.41, 5.74) is 0. The fourth-order valence-electron chi connectivity index (χ4n) is 0.607. The molecule has 0 aromatic heterocycles. The van der Waals surface area contributed by atoms with Gasteiger partial charge in [0, 0.05) is 0 Å². The summed E-state index contributed by atoms with van der Waals surface area (Å²) < 4.78 is 0. The summed E-state index contributed by atoms with van der Waals surface area (Å²) >= 11 is 0. The molecule has 0 amide bonds. The lowest BCUT2D eigenvalue weighted by atomic mass is 10.2. The van der Waals surface area contributed by atoms with Crippen LogP contribution in [0.15, 0.2) is 17.3 Å². The maximum absolute atomic E-state index is 4.12. The number of nitrogens with zero attached hydrogens (tertiary/aromatic N) is 1. The van der Waals surface area contributed by atoms with Crippen molar-refractivity contribution in [2.75, 3.05) is 0 Å². The first-order valence-corrected chi connectivity index (χ1v) is 2.82. The highest BCUT2D eigenvalue weighted by Crippen LogP contribution is 1.97. The van der Waals surface area contributed by atoms with Crippen molar-refractivity contribution in [3.63, 3.8) is 0 Å². The molecule has 0 spiro atoms. The molecule has 44 valence electrons. The summed E-state index contributed by atoms with van der Waals surface area (Å²) in [5, 5.41) is 2.91. The Balaban J connectivity index is 2.48. The van der Waals surface area contributed by atoms with E-state index in [4.69, 9.17) is 0 Å². The van der Waals surface area contributed by atoms with Crippen molar-refractivity contribution in [1.82, 2.24) is 5.32 Å². The number of hydrogen-bond donors (Lipinski definition) is 1. The maximum Gasteiger partial charge on any atom is 0.0866 e. The summed E-state index contributed by atoms with van der Waals surface area (Å²) in [4.78, 5) is 4.12. The van der Waals surface area contributed by atoms with Crippen LogP contribution < -0.4 is 5.32 Å². The number of rotatable bonds is 0. The van der Waals surface area contributed by atoms with Gasteiger partial charge in [-0.2, -0.15) is 0 Å². The van der Waals surface area contributed by atoms with E-state index in [0.29, 0.717) is 6.04 Å². The highest BCUT2D eigenvalue weighted by Gasteiger charge is 1.93. The van der Waals surface area contributed by atoms with E-state index in [9.17, 15) is 0 Å². The first kappa shape index (κ1) is 5.35. The van der Waals surface area contributed by atoms with E-state index in [0.717, 1.165) is 6.42 Å². The minimum atomic E-state index is 0.446.